The molecule has 2 aromatic heterocycles. The van der Waals surface area contributed by atoms with E-state index in [4.69, 9.17) is 20.4 Å². The maximum Gasteiger partial charge on any atom is 0.257 e. The highest BCUT2D eigenvalue weighted by Crippen LogP contribution is 2.31. The van der Waals surface area contributed by atoms with E-state index in [0.29, 0.717) is 35.7 Å². The van der Waals surface area contributed by atoms with Gasteiger partial charge in [0, 0.05) is 12.2 Å². The van der Waals surface area contributed by atoms with Crippen LogP contribution in [0.15, 0.2) is 48.5 Å². The van der Waals surface area contributed by atoms with E-state index in [9.17, 15) is 4.79 Å². The lowest BCUT2D eigenvalue weighted by Crippen LogP contribution is -2.25. The molecular formula is C25H29N5O2. The van der Waals surface area contributed by atoms with Gasteiger partial charge in [0.25, 0.3) is 5.91 Å². The highest BCUT2D eigenvalue weighted by Gasteiger charge is 2.24. The summed E-state index contributed by atoms with van der Waals surface area (Å²) in [6.45, 7) is 5.49. The molecule has 32 heavy (non-hydrogen) atoms. The van der Waals surface area contributed by atoms with E-state index in [1.807, 2.05) is 48.5 Å². The molecule has 0 saturated carbocycles. The highest BCUT2D eigenvalue weighted by atomic mass is 16.5. The second-order valence-corrected chi connectivity index (χ2v) is 7.79. The second kappa shape index (κ2) is 9.68. The smallest absolute Gasteiger partial charge is 0.257 e. The fourth-order valence-electron chi connectivity index (χ4n) is 3.64. The Kier molecular flexibility index (Phi) is 6.54. The monoisotopic (exact) mass is 431 g/mol. The van der Waals surface area contributed by atoms with Crippen molar-refractivity contribution in [3.63, 3.8) is 0 Å². The molecule has 7 nitrogen and oxygen atoms in total. The van der Waals surface area contributed by atoms with E-state index >= 15 is 0 Å². The number of benzene rings is 2. The third-order valence-corrected chi connectivity index (χ3v) is 5.40. The van der Waals surface area contributed by atoms with Crippen LogP contribution in [0.2, 0.25) is 0 Å². The Hall–Kier alpha value is -3.61. The summed E-state index contributed by atoms with van der Waals surface area (Å²) in [4.78, 5) is 22.6. The number of anilines is 1. The van der Waals surface area contributed by atoms with Crippen LogP contribution in [-0.2, 0) is 0 Å². The number of aromatic nitrogens is 3. The number of nitrogens with two attached hydrogens (primary N) is 1. The van der Waals surface area contributed by atoms with Crippen molar-refractivity contribution in [3.05, 3.63) is 54.1 Å². The number of carbonyl (C=O) groups is 1. The van der Waals surface area contributed by atoms with E-state index in [1.165, 1.54) is 0 Å². The SMILES string of the molecule is CCCCNC(=O)c1c(N)n(-c2ccc(OCCCC)cc2)c2nc3ccccc3nc12. The third-order valence-electron chi connectivity index (χ3n) is 5.40. The molecule has 0 radical (unpaired) electrons. The molecule has 0 aliphatic heterocycles. The first-order valence-corrected chi connectivity index (χ1v) is 11.2. The minimum absolute atomic E-state index is 0.233. The summed E-state index contributed by atoms with van der Waals surface area (Å²) in [6.07, 6.45) is 3.99. The highest BCUT2D eigenvalue weighted by molar-refractivity contribution is 6.11. The number of amides is 1. The molecule has 2 aromatic carbocycles. The summed E-state index contributed by atoms with van der Waals surface area (Å²) in [5.41, 5.74) is 10.2. The fraction of sp³-hybridized carbons (Fsp3) is 0.320. The molecular weight excluding hydrogens is 402 g/mol. The summed E-state index contributed by atoms with van der Waals surface area (Å²) < 4.78 is 7.57. The summed E-state index contributed by atoms with van der Waals surface area (Å²) in [5, 5.41) is 2.96. The van der Waals surface area contributed by atoms with Crippen molar-refractivity contribution in [2.45, 2.75) is 39.5 Å². The van der Waals surface area contributed by atoms with Crippen molar-refractivity contribution in [2.24, 2.45) is 0 Å². The van der Waals surface area contributed by atoms with Crippen molar-refractivity contribution in [1.29, 1.82) is 0 Å². The Morgan fingerprint density at radius 1 is 1.00 bits per heavy atom. The number of nitrogens with one attached hydrogen (secondary N) is 1. The van der Waals surface area contributed by atoms with Crippen LogP contribution in [0.3, 0.4) is 0 Å². The number of nitrogens with zero attached hydrogens (tertiary/aromatic N) is 3. The molecule has 0 aliphatic carbocycles. The molecule has 0 bridgehead atoms. The second-order valence-electron chi connectivity index (χ2n) is 7.79. The molecule has 0 spiro atoms. The maximum absolute atomic E-state index is 13.0. The van der Waals surface area contributed by atoms with Crippen LogP contribution < -0.4 is 15.8 Å². The summed E-state index contributed by atoms with van der Waals surface area (Å²) >= 11 is 0. The summed E-state index contributed by atoms with van der Waals surface area (Å²) in [5.74, 6) is 0.888. The van der Waals surface area contributed by atoms with Gasteiger partial charge >= 0.3 is 0 Å². The number of unbranched alkanes of at least 4 members (excludes halogenated alkanes) is 2. The zero-order valence-electron chi connectivity index (χ0n) is 18.6. The van der Waals surface area contributed by atoms with Gasteiger partial charge in [0.15, 0.2) is 5.65 Å². The quantitative estimate of drug-likeness (QED) is 0.369. The first-order chi connectivity index (χ1) is 15.6. The van der Waals surface area contributed by atoms with Gasteiger partial charge in [-0.15, -0.1) is 0 Å². The standard InChI is InChI=1S/C25H29N5O2/c1-3-5-15-27-25(31)21-22-24(29-20-10-8-7-9-19(20)28-22)30(23(21)26)17-11-13-18(14-12-17)32-16-6-4-2/h7-14H,3-6,15-16,26H2,1-2H3,(H,27,31). The predicted molar refractivity (Wildman–Crippen MR) is 128 cm³/mol. The van der Waals surface area contributed by atoms with E-state index < -0.39 is 0 Å². The first kappa shape index (κ1) is 21.6. The van der Waals surface area contributed by atoms with E-state index in [-0.39, 0.29) is 5.91 Å². The molecule has 166 valence electrons. The minimum atomic E-state index is -0.233. The Morgan fingerprint density at radius 3 is 2.38 bits per heavy atom. The van der Waals surface area contributed by atoms with E-state index in [1.54, 1.807) is 4.57 Å². The summed E-state index contributed by atoms with van der Waals surface area (Å²) in [7, 11) is 0. The van der Waals surface area contributed by atoms with Gasteiger partial charge in [-0.2, -0.15) is 0 Å². The predicted octanol–water partition coefficient (Wildman–Crippen LogP) is 4.86. The number of para-hydroxylation sites is 2. The van der Waals surface area contributed by atoms with E-state index in [0.717, 1.165) is 48.2 Å². The number of hydrogen-bond donors (Lipinski definition) is 2. The van der Waals surface area contributed by atoms with Crippen molar-refractivity contribution >= 4 is 33.9 Å². The lowest BCUT2D eigenvalue weighted by Gasteiger charge is -2.10. The fourth-order valence-corrected chi connectivity index (χ4v) is 3.64. The van der Waals surface area contributed by atoms with Crippen LogP contribution in [0, 0.1) is 0 Å². The zero-order valence-corrected chi connectivity index (χ0v) is 18.6. The van der Waals surface area contributed by atoms with Crippen LogP contribution >= 0.6 is 0 Å². The van der Waals surface area contributed by atoms with Crippen molar-refractivity contribution in [2.75, 3.05) is 18.9 Å². The van der Waals surface area contributed by atoms with Crippen LogP contribution in [0.1, 0.15) is 49.9 Å². The minimum Gasteiger partial charge on any atom is -0.494 e. The molecule has 0 atom stereocenters. The third kappa shape index (κ3) is 4.23. The van der Waals surface area contributed by atoms with Crippen molar-refractivity contribution in [1.82, 2.24) is 19.9 Å². The Balaban J connectivity index is 1.81. The molecule has 0 saturated heterocycles. The van der Waals surface area contributed by atoms with Gasteiger partial charge < -0.3 is 15.8 Å². The normalized spacial score (nSPS) is 11.2. The first-order valence-electron chi connectivity index (χ1n) is 11.2. The Labute approximate surface area is 187 Å². The van der Waals surface area contributed by atoms with Gasteiger partial charge in [-0.25, -0.2) is 9.97 Å². The molecule has 0 fully saturated rings. The van der Waals surface area contributed by atoms with Gasteiger partial charge in [-0.1, -0.05) is 38.8 Å². The average molecular weight is 432 g/mol. The molecule has 4 rings (SSSR count). The molecule has 1 amide bonds. The van der Waals surface area contributed by atoms with Crippen LogP contribution in [-0.4, -0.2) is 33.6 Å². The lowest BCUT2D eigenvalue weighted by atomic mass is 10.2. The lowest BCUT2D eigenvalue weighted by molar-refractivity contribution is 0.0955. The number of hydrogen-bond acceptors (Lipinski definition) is 5. The Bertz CT molecular complexity index is 1230. The van der Waals surface area contributed by atoms with Crippen molar-refractivity contribution < 1.29 is 9.53 Å². The molecule has 7 heteroatoms. The van der Waals surface area contributed by atoms with Crippen LogP contribution in [0.25, 0.3) is 27.9 Å². The van der Waals surface area contributed by atoms with Crippen LogP contribution in [0.5, 0.6) is 5.75 Å². The largest absolute Gasteiger partial charge is 0.494 e. The number of fused-ring (bicyclic) bond motifs is 2. The van der Waals surface area contributed by atoms with E-state index in [2.05, 4.69) is 19.2 Å². The van der Waals surface area contributed by atoms with Gasteiger partial charge in [0.05, 0.1) is 17.6 Å². The molecule has 0 unspecified atom stereocenters. The molecule has 0 aliphatic rings. The maximum atomic E-state index is 13.0. The van der Waals surface area contributed by atoms with Gasteiger partial charge in [-0.3, -0.25) is 9.36 Å². The number of carbonyl (C=O) groups excluding carboxylic acids is 1. The van der Waals surface area contributed by atoms with Gasteiger partial charge in [0.1, 0.15) is 22.6 Å². The topological polar surface area (TPSA) is 95.1 Å². The molecule has 3 N–H and O–H groups in total. The van der Waals surface area contributed by atoms with Gasteiger partial charge in [-0.05, 0) is 49.2 Å². The average Bonchev–Trinajstić information content (AvgIpc) is 3.09. The van der Waals surface area contributed by atoms with Crippen molar-refractivity contribution in [3.8, 4) is 11.4 Å². The Morgan fingerprint density at radius 2 is 1.69 bits per heavy atom. The number of ether oxygens (including phenoxy) is 1. The molecule has 4 aromatic rings. The van der Waals surface area contributed by atoms with Gasteiger partial charge in [0.2, 0.25) is 0 Å². The number of rotatable bonds is 9. The molecule has 2 heterocycles. The van der Waals surface area contributed by atoms with Crippen LogP contribution in [0.4, 0.5) is 5.82 Å². The number of nitrogen functional groups attached to an aromatic ring is 1. The summed E-state index contributed by atoms with van der Waals surface area (Å²) in [6, 6.07) is 15.3. The zero-order chi connectivity index (χ0) is 22.5.